The van der Waals surface area contributed by atoms with Gasteiger partial charge in [0.25, 0.3) is 5.91 Å². The highest BCUT2D eigenvalue weighted by Crippen LogP contribution is 2.42. The lowest BCUT2D eigenvalue weighted by Gasteiger charge is -2.27. The van der Waals surface area contributed by atoms with E-state index in [4.69, 9.17) is 13.6 Å². The molecule has 0 spiro atoms. The van der Waals surface area contributed by atoms with Gasteiger partial charge < -0.3 is 23.8 Å². The van der Waals surface area contributed by atoms with Gasteiger partial charge in [0.15, 0.2) is 5.76 Å². The van der Waals surface area contributed by atoms with E-state index in [9.17, 15) is 9.59 Å². The van der Waals surface area contributed by atoms with Crippen LogP contribution in [-0.4, -0.2) is 48.8 Å². The predicted molar refractivity (Wildman–Crippen MR) is 87.5 cm³/mol. The van der Waals surface area contributed by atoms with Crippen molar-refractivity contribution in [3.05, 3.63) is 48.3 Å². The molecule has 2 amide bonds. The Labute approximate surface area is 143 Å². The number of rotatable bonds is 6. The van der Waals surface area contributed by atoms with Gasteiger partial charge in [0, 0.05) is 25.0 Å². The molecule has 0 bridgehead atoms. The number of nitrogens with one attached hydrogen (secondary N) is 1. The first kappa shape index (κ1) is 16.7. The molecule has 2 unspecified atom stereocenters. The summed E-state index contributed by atoms with van der Waals surface area (Å²) in [7, 11) is 1.57. The molecule has 1 aliphatic rings. The summed E-state index contributed by atoms with van der Waals surface area (Å²) in [5.74, 6) is 0.190. The first-order chi connectivity index (χ1) is 11.7. The Morgan fingerprint density at radius 1 is 1.42 bits per heavy atom. The van der Waals surface area contributed by atoms with Crippen molar-refractivity contribution in [3.63, 3.8) is 0 Å². The fourth-order valence-corrected chi connectivity index (χ4v) is 3.96. The molecule has 7 nitrogen and oxygen atoms in total. The smallest absolute Gasteiger partial charge is 0.291 e. The van der Waals surface area contributed by atoms with Crippen LogP contribution >= 0.6 is 11.8 Å². The summed E-state index contributed by atoms with van der Waals surface area (Å²) >= 11 is 1.52. The van der Waals surface area contributed by atoms with E-state index in [1.54, 1.807) is 42.7 Å². The topological polar surface area (TPSA) is 84.9 Å². The van der Waals surface area contributed by atoms with Gasteiger partial charge in [-0.05, 0) is 18.2 Å². The van der Waals surface area contributed by atoms with Crippen molar-refractivity contribution < 1.29 is 23.2 Å². The molecule has 0 aliphatic carbocycles. The molecule has 24 heavy (non-hydrogen) atoms. The normalized spacial score (nSPS) is 20.3. The van der Waals surface area contributed by atoms with E-state index >= 15 is 0 Å². The fraction of sp³-hybridized carbons (Fsp3) is 0.375. The largest absolute Gasteiger partial charge is 0.472 e. The Bertz CT molecular complexity index is 671. The molecule has 0 aromatic carbocycles. The summed E-state index contributed by atoms with van der Waals surface area (Å²) in [5, 5.41) is 2.50. The molecule has 3 heterocycles. The minimum absolute atomic E-state index is 0.203. The second kappa shape index (κ2) is 7.59. The highest BCUT2D eigenvalue weighted by atomic mass is 32.2. The van der Waals surface area contributed by atoms with Crippen LogP contribution in [0.2, 0.25) is 0 Å². The maximum absolute atomic E-state index is 12.8. The Balaban J connectivity index is 1.82. The van der Waals surface area contributed by atoms with Crippen LogP contribution in [0.1, 0.15) is 21.5 Å². The monoisotopic (exact) mass is 350 g/mol. The number of hydrogen-bond acceptors (Lipinski definition) is 6. The van der Waals surface area contributed by atoms with Gasteiger partial charge in [-0.3, -0.25) is 9.59 Å². The second-order valence-electron chi connectivity index (χ2n) is 5.23. The Kier molecular flexibility index (Phi) is 5.27. The van der Waals surface area contributed by atoms with Crippen LogP contribution in [0.3, 0.4) is 0 Å². The number of furan rings is 2. The average Bonchev–Trinajstić information content (AvgIpc) is 3.34. The Morgan fingerprint density at radius 3 is 2.96 bits per heavy atom. The van der Waals surface area contributed by atoms with E-state index in [0.29, 0.717) is 18.9 Å². The summed E-state index contributed by atoms with van der Waals surface area (Å²) in [5.41, 5.74) is 0.840. The molecule has 0 radical (unpaired) electrons. The van der Waals surface area contributed by atoms with Crippen molar-refractivity contribution in [2.24, 2.45) is 0 Å². The molecule has 3 rings (SSSR count). The van der Waals surface area contributed by atoms with Crippen LogP contribution in [0.4, 0.5) is 0 Å². The number of hydrogen-bond donors (Lipinski definition) is 1. The van der Waals surface area contributed by atoms with Gasteiger partial charge in [0.1, 0.15) is 11.4 Å². The van der Waals surface area contributed by atoms with Gasteiger partial charge in [-0.25, -0.2) is 0 Å². The number of amides is 2. The second-order valence-corrected chi connectivity index (χ2v) is 6.34. The van der Waals surface area contributed by atoms with E-state index in [1.165, 1.54) is 18.0 Å². The van der Waals surface area contributed by atoms with E-state index in [0.717, 1.165) is 5.56 Å². The lowest BCUT2D eigenvalue weighted by Crippen LogP contribution is -2.48. The van der Waals surface area contributed by atoms with Crippen molar-refractivity contribution in [2.75, 3.05) is 26.0 Å². The molecular formula is C16H18N2O5S. The van der Waals surface area contributed by atoms with E-state index < -0.39 is 6.04 Å². The van der Waals surface area contributed by atoms with Crippen molar-refractivity contribution >= 4 is 23.6 Å². The van der Waals surface area contributed by atoms with Crippen LogP contribution in [-0.2, 0) is 9.53 Å². The first-order valence-electron chi connectivity index (χ1n) is 7.49. The molecule has 1 saturated heterocycles. The Morgan fingerprint density at radius 2 is 2.29 bits per heavy atom. The third kappa shape index (κ3) is 3.34. The molecule has 8 heteroatoms. The third-order valence-corrected chi connectivity index (χ3v) is 5.03. The summed E-state index contributed by atoms with van der Waals surface area (Å²) in [6, 6.07) is 4.46. The molecule has 1 aliphatic heterocycles. The van der Waals surface area contributed by atoms with Gasteiger partial charge in [0.2, 0.25) is 5.91 Å². The van der Waals surface area contributed by atoms with Gasteiger partial charge in [-0.2, -0.15) is 0 Å². The molecular weight excluding hydrogens is 332 g/mol. The van der Waals surface area contributed by atoms with Crippen molar-refractivity contribution in [1.82, 2.24) is 10.2 Å². The van der Waals surface area contributed by atoms with Crippen LogP contribution in [0.5, 0.6) is 0 Å². The van der Waals surface area contributed by atoms with E-state index in [-0.39, 0.29) is 22.9 Å². The average molecular weight is 350 g/mol. The van der Waals surface area contributed by atoms with E-state index in [2.05, 4.69) is 5.32 Å². The molecule has 128 valence electrons. The van der Waals surface area contributed by atoms with Gasteiger partial charge in [-0.15, -0.1) is 11.8 Å². The molecule has 1 fully saturated rings. The number of methoxy groups -OCH3 is 1. The van der Waals surface area contributed by atoms with Gasteiger partial charge >= 0.3 is 0 Å². The Hall–Kier alpha value is -2.19. The maximum Gasteiger partial charge on any atom is 0.291 e. The number of nitrogens with zero attached hydrogens (tertiary/aromatic N) is 1. The zero-order valence-electron chi connectivity index (χ0n) is 13.1. The number of thioether (sulfide) groups is 1. The summed E-state index contributed by atoms with van der Waals surface area (Å²) in [4.78, 5) is 26.9. The highest BCUT2D eigenvalue weighted by Gasteiger charge is 2.43. The van der Waals surface area contributed by atoms with Crippen molar-refractivity contribution in [2.45, 2.75) is 11.4 Å². The third-order valence-electron chi connectivity index (χ3n) is 3.70. The molecule has 0 saturated carbocycles. The molecule has 2 aromatic rings. The zero-order valence-corrected chi connectivity index (χ0v) is 14.0. The summed E-state index contributed by atoms with van der Waals surface area (Å²) in [6.07, 6.45) is 4.58. The number of carbonyl (C=O) groups excluding carboxylic acids is 2. The lowest BCUT2D eigenvalue weighted by atomic mass is 10.2. The minimum Gasteiger partial charge on any atom is -0.472 e. The van der Waals surface area contributed by atoms with Gasteiger partial charge in [0.05, 0.1) is 25.4 Å². The maximum atomic E-state index is 12.8. The molecule has 2 atom stereocenters. The highest BCUT2D eigenvalue weighted by molar-refractivity contribution is 7.99. The standard InChI is InChI=1S/C16H18N2O5S/c1-21-8-5-17-14(19)12-10-24-16(11-4-7-22-9-11)18(12)15(20)13-3-2-6-23-13/h2-4,6-7,9,12,16H,5,8,10H2,1H3,(H,17,19). The van der Waals surface area contributed by atoms with E-state index in [1.807, 2.05) is 0 Å². The predicted octanol–water partition coefficient (Wildman–Crippen LogP) is 1.89. The number of ether oxygens (including phenoxy) is 1. The zero-order chi connectivity index (χ0) is 16.9. The van der Waals surface area contributed by atoms with Crippen LogP contribution in [0, 0.1) is 0 Å². The quantitative estimate of drug-likeness (QED) is 0.801. The SMILES string of the molecule is COCCNC(=O)C1CSC(c2ccoc2)N1C(=O)c1ccco1. The van der Waals surface area contributed by atoms with Crippen LogP contribution in [0.15, 0.2) is 45.8 Å². The lowest BCUT2D eigenvalue weighted by molar-refractivity contribution is -0.125. The van der Waals surface area contributed by atoms with Crippen molar-refractivity contribution in [1.29, 1.82) is 0 Å². The van der Waals surface area contributed by atoms with Gasteiger partial charge in [-0.1, -0.05) is 0 Å². The minimum atomic E-state index is -0.579. The summed E-state index contributed by atoms with van der Waals surface area (Å²) in [6.45, 7) is 0.818. The number of carbonyl (C=O) groups is 2. The molecule has 1 N–H and O–H groups in total. The van der Waals surface area contributed by atoms with Crippen LogP contribution < -0.4 is 5.32 Å². The summed E-state index contributed by atoms with van der Waals surface area (Å²) < 4.78 is 15.3. The van der Waals surface area contributed by atoms with Crippen molar-refractivity contribution in [3.8, 4) is 0 Å². The first-order valence-corrected chi connectivity index (χ1v) is 8.53. The van der Waals surface area contributed by atoms with Crippen LogP contribution in [0.25, 0.3) is 0 Å². The fourth-order valence-electron chi connectivity index (χ4n) is 2.55. The molecule has 2 aromatic heterocycles.